The molecule has 9 nitrogen and oxygen atoms in total. The van der Waals surface area contributed by atoms with Gasteiger partial charge in [0.15, 0.2) is 12.1 Å². The fourth-order valence-electron chi connectivity index (χ4n) is 6.41. The lowest BCUT2D eigenvalue weighted by atomic mass is 9.96. The van der Waals surface area contributed by atoms with Crippen molar-refractivity contribution in [3.63, 3.8) is 0 Å². The van der Waals surface area contributed by atoms with Gasteiger partial charge in [0, 0.05) is 50.8 Å². The topological polar surface area (TPSA) is 90.4 Å². The van der Waals surface area contributed by atoms with Crippen molar-refractivity contribution in [2.75, 3.05) is 33.4 Å². The van der Waals surface area contributed by atoms with Gasteiger partial charge in [-0.25, -0.2) is 4.79 Å². The summed E-state index contributed by atoms with van der Waals surface area (Å²) in [6, 6.07) is 25.5. The van der Waals surface area contributed by atoms with Crippen molar-refractivity contribution in [1.82, 2.24) is 14.8 Å². The van der Waals surface area contributed by atoms with Crippen molar-refractivity contribution in [1.29, 1.82) is 0 Å². The van der Waals surface area contributed by atoms with E-state index in [0.29, 0.717) is 37.6 Å². The summed E-state index contributed by atoms with van der Waals surface area (Å²) < 4.78 is 23.5. The number of methoxy groups -OCH3 is 1. The monoisotopic (exact) mass is 665 g/mol. The Bertz CT molecular complexity index is 1640. The summed E-state index contributed by atoms with van der Waals surface area (Å²) in [7, 11) is 1.36. The Morgan fingerprint density at radius 1 is 0.796 bits per heavy atom. The molecule has 0 aliphatic heterocycles. The summed E-state index contributed by atoms with van der Waals surface area (Å²) in [5, 5.41) is 0. The third-order valence-corrected chi connectivity index (χ3v) is 8.36. The zero-order valence-corrected chi connectivity index (χ0v) is 29.3. The predicted octanol–water partition coefficient (Wildman–Crippen LogP) is 7.55. The van der Waals surface area contributed by atoms with Crippen LogP contribution in [0, 0.1) is 0 Å². The Morgan fingerprint density at radius 3 is 1.90 bits per heavy atom. The molecule has 4 aromatic rings. The van der Waals surface area contributed by atoms with Crippen molar-refractivity contribution >= 4 is 11.9 Å². The molecule has 1 aromatic heterocycles. The normalized spacial score (nSPS) is 13.2. The van der Waals surface area contributed by atoms with Gasteiger partial charge in [0.2, 0.25) is 0 Å². The zero-order valence-electron chi connectivity index (χ0n) is 29.3. The van der Waals surface area contributed by atoms with Crippen molar-refractivity contribution in [3.05, 3.63) is 120 Å². The van der Waals surface area contributed by atoms with Crippen LogP contribution in [0.5, 0.6) is 5.75 Å². The smallest absolute Gasteiger partial charge is 0.410 e. The highest BCUT2D eigenvalue weighted by Gasteiger charge is 2.43. The lowest BCUT2D eigenvalue weighted by Crippen LogP contribution is -2.53. The van der Waals surface area contributed by atoms with Gasteiger partial charge in [0.05, 0.1) is 13.2 Å². The van der Waals surface area contributed by atoms with Crippen LogP contribution in [0.1, 0.15) is 67.7 Å². The fraction of sp³-hybridized carbons (Fsp3) is 0.375. The molecule has 1 aliphatic rings. The molecule has 1 aliphatic carbocycles. The molecule has 0 fully saturated rings. The van der Waals surface area contributed by atoms with E-state index in [9.17, 15) is 9.59 Å². The van der Waals surface area contributed by atoms with Crippen LogP contribution in [-0.2, 0) is 20.8 Å². The van der Waals surface area contributed by atoms with Crippen LogP contribution >= 0.6 is 0 Å². The van der Waals surface area contributed by atoms with Crippen LogP contribution in [0.25, 0.3) is 11.1 Å². The van der Waals surface area contributed by atoms with Crippen LogP contribution in [0.3, 0.4) is 0 Å². The van der Waals surface area contributed by atoms with Gasteiger partial charge in [-0.1, -0.05) is 48.5 Å². The Kier molecular flexibility index (Phi) is 11.8. The summed E-state index contributed by atoms with van der Waals surface area (Å²) in [4.78, 5) is 37.0. The molecule has 49 heavy (non-hydrogen) atoms. The third kappa shape index (κ3) is 8.73. The lowest BCUT2D eigenvalue weighted by Gasteiger charge is -2.38. The number of carbonyl (C=O) groups excluding carboxylic acids is 2. The number of Topliss-reactive ketones (excluding diaryl/α,β-unsaturated/α-hetero) is 1. The number of ether oxygens (including phenoxy) is 4. The maximum absolute atomic E-state index is 14.9. The number of rotatable bonds is 15. The van der Waals surface area contributed by atoms with Gasteiger partial charge in [-0.15, -0.1) is 0 Å². The highest BCUT2D eigenvalue weighted by Crippen LogP contribution is 2.47. The SMILES string of the molecule is CCOC(CN(Cc1ccncc1)CC(C(=O)c1ccc(OC(C)(C)C)cc1)N(C(=O)OC)C1c2ccccc2-c2ccccc21)OCC. The molecule has 258 valence electrons. The van der Waals surface area contributed by atoms with E-state index >= 15 is 0 Å². The van der Waals surface area contributed by atoms with E-state index in [0.717, 1.165) is 27.8 Å². The average molecular weight is 666 g/mol. The first-order chi connectivity index (χ1) is 23.6. The van der Waals surface area contributed by atoms with Crippen molar-refractivity contribution in [2.24, 2.45) is 0 Å². The first-order valence-electron chi connectivity index (χ1n) is 16.9. The second-order valence-corrected chi connectivity index (χ2v) is 13.0. The highest BCUT2D eigenvalue weighted by molar-refractivity contribution is 6.02. The minimum absolute atomic E-state index is 0.175. The molecule has 0 bridgehead atoms. The van der Waals surface area contributed by atoms with Gasteiger partial charge >= 0.3 is 6.09 Å². The second kappa shape index (κ2) is 16.2. The molecule has 0 N–H and O–H groups in total. The van der Waals surface area contributed by atoms with Gasteiger partial charge in [0.1, 0.15) is 17.4 Å². The Hall–Kier alpha value is -4.57. The van der Waals surface area contributed by atoms with Gasteiger partial charge in [-0.2, -0.15) is 0 Å². The number of amides is 1. The summed E-state index contributed by atoms with van der Waals surface area (Å²) in [5.41, 5.74) is 4.96. The average Bonchev–Trinajstić information content (AvgIpc) is 3.42. The van der Waals surface area contributed by atoms with Gasteiger partial charge in [-0.3, -0.25) is 19.6 Å². The van der Waals surface area contributed by atoms with E-state index < -0.39 is 30.1 Å². The van der Waals surface area contributed by atoms with Crippen LogP contribution < -0.4 is 4.74 Å². The van der Waals surface area contributed by atoms with Crippen molar-refractivity contribution < 1.29 is 28.5 Å². The van der Waals surface area contributed by atoms with Crippen LogP contribution in [-0.4, -0.2) is 78.0 Å². The molecule has 1 unspecified atom stereocenters. The zero-order chi connectivity index (χ0) is 35.0. The lowest BCUT2D eigenvalue weighted by molar-refractivity contribution is -0.148. The molecule has 9 heteroatoms. The molecule has 0 radical (unpaired) electrons. The summed E-state index contributed by atoms with van der Waals surface area (Å²) in [5.74, 6) is 0.429. The number of aromatic nitrogens is 1. The number of ketones is 1. The molecule has 1 heterocycles. The Balaban J connectivity index is 1.63. The van der Waals surface area contributed by atoms with E-state index in [-0.39, 0.29) is 12.3 Å². The molecular weight excluding hydrogens is 618 g/mol. The van der Waals surface area contributed by atoms with Crippen LogP contribution in [0.15, 0.2) is 97.3 Å². The number of carbonyl (C=O) groups is 2. The maximum Gasteiger partial charge on any atom is 0.410 e. The fourth-order valence-corrected chi connectivity index (χ4v) is 6.41. The summed E-state index contributed by atoms with van der Waals surface area (Å²) >= 11 is 0. The summed E-state index contributed by atoms with van der Waals surface area (Å²) in [6.07, 6.45) is 2.35. The van der Waals surface area contributed by atoms with E-state index in [1.54, 1.807) is 41.6 Å². The Morgan fingerprint density at radius 2 is 1.37 bits per heavy atom. The minimum atomic E-state index is -0.961. The van der Waals surface area contributed by atoms with Crippen LogP contribution in [0.4, 0.5) is 4.79 Å². The van der Waals surface area contributed by atoms with Gasteiger partial charge in [0.25, 0.3) is 0 Å². The van der Waals surface area contributed by atoms with Crippen LogP contribution in [0.2, 0.25) is 0 Å². The van der Waals surface area contributed by atoms with Gasteiger partial charge in [-0.05, 0) is 98.8 Å². The third-order valence-electron chi connectivity index (χ3n) is 8.36. The Labute approximate surface area is 289 Å². The highest BCUT2D eigenvalue weighted by atomic mass is 16.7. The summed E-state index contributed by atoms with van der Waals surface area (Å²) in [6.45, 7) is 11.7. The second-order valence-electron chi connectivity index (χ2n) is 13.0. The largest absolute Gasteiger partial charge is 0.488 e. The number of nitrogens with zero attached hydrogens (tertiary/aromatic N) is 3. The standard InChI is InChI=1S/C40H47N3O6/c1-7-47-36(48-8-2)27-42(25-28-21-23-41-24-22-28)26-35(38(44)29-17-19-30(20-18-29)49-40(3,4)5)43(39(45)46-6)37-33-15-11-9-13-31(33)32-14-10-12-16-34(32)37/h9-24,35-37H,7-8,25-27H2,1-6H3. The number of hydrogen-bond donors (Lipinski definition) is 0. The van der Waals surface area contributed by atoms with E-state index in [4.69, 9.17) is 18.9 Å². The number of benzene rings is 3. The number of pyridine rings is 1. The molecule has 1 amide bonds. The number of fused-ring (bicyclic) bond motifs is 3. The minimum Gasteiger partial charge on any atom is -0.488 e. The molecule has 1 atom stereocenters. The van der Waals surface area contributed by atoms with E-state index in [1.165, 1.54) is 7.11 Å². The first-order valence-corrected chi connectivity index (χ1v) is 16.9. The molecule has 5 rings (SSSR count). The molecule has 0 saturated carbocycles. The molecule has 0 spiro atoms. The number of hydrogen-bond acceptors (Lipinski definition) is 8. The predicted molar refractivity (Wildman–Crippen MR) is 189 cm³/mol. The van der Waals surface area contributed by atoms with Crippen molar-refractivity contribution in [2.45, 2.75) is 65.1 Å². The molecule has 0 saturated heterocycles. The molecular formula is C40H47N3O6. The first kappa shape index (κ1) is 35.7. The maximum atomic E-state index is 14.9. The van der Waals surface area contributed by atoms with Gasteiger partial charge < -0.3 is 18.9 Å². The molecule has 3 aromatic carbocycles. The van der Waals surface area contributed by atoms with E-state index in [1.807, 2.05) is 83.1 Å². The van der Waals surface area contributed by atoms with E-state index in [2.05, 4.69) is 22.0 Å². The quantitative estimate of drug-likeness (QED) is 0.0950. The van der Waals surface area contributed by atoms with Crippen molar-refractivity contribution in [3.8, 4) is 16.9 Å².